The Bertz CT molecular complexity index is 307. The minimum absolute atomic E-state index is 0.157. The lowest BCUT2D eigenvalue weighted by molar-refractivity contribution is -0.132. The molecule has 0 bridgehead atoms. The van der Waals surface area contributed by atoms with Crippen LogP contribution in [0, 0.1) is 0 Å². The van der Waals surface area contributed by atoms with E-state index >= 15 is 0 Å². The van der Waals surface area contributed by atoms with Crippen molar-refractivity contribution in [2.75, 3.05) is 6.54 Å². The number of aromatic nitrogens is 2. The zero-order valence-corrected chi connectivity index (χ0v) is 8.36. The fourth-order valence-electron chi connectivity index (χ4n) is 2.08. The van der Waals surface area contributed by atoms with E-state index in [-0.39, 0.29) is 11.9 Å². The zero-order chi connectivity index (χ0) is 9.97. The number of piperidine rings is 1. The van der Waals surface area contributed by atoms with E-state index in [0.29, 0.717) is 0 Å². The summed E-state index contributed by atoms with van der Waals surface area (Å²) in [4.78, 5) is 13.3. The lowest BCUT2D eigenvalue weighted by Gasteiger charge is -2.34. The highest BCUT2D eigenvalue weighted by Gasteiger charge is 2.26. The Balaban J connectivity index is 2.18. The molecule has 0 aliphatic carbocycles. The van der Waals surface area contributed by atoms with Crippen molar-refractivity contribution in [1.82, 2.24) is 15.1 Å². The first-order chi connectivity index (χ1) is 6.79. The summed E-state index contributed by atoms with van der Waals surface area (Å²) in [6.45, 7) is 2.51. The maximum atomic E-state index is 11.4. The van der Waals surface area contributed by atoms with Crippen LogP contribution in [0.3, 0.4) is 0 Å². The van der Waals surface area contributed by atoms with Crippen LogP contribution in [0.4, 0.5) is 0 Å². The molecule has 0 aromatic carbocycles. The second kappa shape index (κ2) is 3.82. The minimum atomic E-state index is 0.157. The molecule has 2 heterocycles. The third-order valence-corrected chi connectivity index (χ3v) is 2.79. The normalized spacial score (nSPS) is 22.4. The fraction of sp³-hybridized carbons (Fsp3) is 0.600. The van der Waals surface area contributed by atoms with Crippen molar-refractivity contribution >= 4 is 5.91 Å². The van der Waals surface area contributed by atoms with Crippen molar-refractivity contribution in [3.8, 4) is 0 Å². The molecule has 1 aromatic rings. The summed E-state index contributed by atoms with van der Waals surface area (Å²) in [6, 6.07) is 2.16. The predicted molar refractivity (Wildman–Crippen MR) is 52.6 cm³/mol. The molecule has 1 aromatic heterocycles. The van der Waals surface area contributed by atoms with E-state index in [9.17, 15) is 4.79 Å². The molecule has 1 unspecified atom stereocenters. The summed E-state index contributed by atoms with van der Waals surface area (Å²) >= 11 is 0. The molecule has 1 amide bonds. The van der Waals surface area contributed by atoms with Gasteiger partial charge >= 0.3 is 0 Å². The van der Waals surface area contributed by atoms with Gasteiger partial charge in [0.25, 0.3) is 0 Å². The van der Waals surface area contributed by atoms with E-state index in [0.717, 1.165) is 25.1 Å². The molecule has 76 valence electrons. The molecule has 1 aliphatic rings. The Morgan fingerprint density at radius 2 is 2.50 bits per heavy atom. The summed E-state index contributed by atoms with van der Waals surface area (Å²) in [5.74, 6) is 0.157. The highest BCUT2D eigenvalue weighted by Crippen LogP contribution is 2.29. The number of amides is 1. The second-order valence-electron chi connectivity index (χ2n) is 3.74. The maximum Gasteiger partial charge on any atom is 0.220 e. The van der Waals surface area contributed by atoms with E-state index < -0.39 is 0 Å². The lowest BCUT2D eigenvalue weighted by Crippen LogP contribution is -2.37. The Morgan fingerprint density at radius 3 is 3.14 bits per heavy atom. The summed E-state index contributed by atoms with van der Waals surface area (Å²) in [6.07, 6.45) is 5.09. The maximum absolute atomic E-state index is 11.4. The molecular weight excluding hydrogens is 178 g/mol. The van der Waals surface area contributed by atoms with Gasteiger partial charge in [-0.2, -0.15) is 5.10 Å². The van der Waals surface area contributed by atoms with Crippen molar-refractivity contribution in [2.45, 2.75) is 32.2 Å². The third kappa shape index (κ3) is 1.64. The average Bonchev–Trinajstić information content (AvgIpc) is 2.70. The van der Waals surface area contributed by atoms with Crippen LogP contribution in [0.25, 0.3) is 0 Å². The summed E-state index contributed by atoms with van der Waals surface area (Å²) in [5.41, 5.74) is 1.06. The molecule has 0 saturated carbocycles. The zero-order valence-electron chi connectivity index (χ0n) is 8.36. The molecule has 2 rings (SSSR count). The molecule has 0 spiro atoms. The number of H-pyrrole nitrogens is 1. The first-order valence-corrected chi connectivity index (χ1v) is 5.05. The minimum Gasteiger partial charge on any atom is -0.334 e. The fourth-order valence-corrected chi connectivity index (χ4v) is 2.08. The lowest BCUT2D eigenvalue weighted by atomic mass is 9.99. The molecule has 1 saturated heterocycles. The first kappa shape index (κ1) is 9.24. The number of nitrogens with one attached hydrogen (secondary N) is 1. The van der Waals surface area contributed by atoms with Gasteiger partial charge in [-0.1, -0.05) is 0 Å². The molecule has 1 aliphatic heterocycles. The molecule has 4 nitrogen and oxygen atoms in total. The standard InChI is InChI=1S/C10H15N3O/c1-8(14)13-7-3-2-4-10(13)9-5-6-11-12-9/h5-6,10H,2-4,7H2,1H3,(H,11,12). The largest absolute Gasteiger partial charge is 0.334 e. The van der Waals surface area contributed by atoms with Crippen LogP contribution in [0.15, 0.2) is 12.3 Å². The number of hydrogen-bond acceptors (Lipinski definition) is 2. The molecular formula is C10H15N3O. The number of aromatic amines is 1. The SMILES string of the molecule is CC(=O)N1CCCCC1c1ccn[nH]1. The summed E-state index contributed by atoms with van der Waals surface area (Å²) < 4.78 is 0. The van der Waals surface area contributed by atoms with Crippen LogP contribution in [-0.2, 0) is 4.79 Å². The molecule has 1 fully saturated rings. The quantitative estimate of drug-likeness (QED) is 0.734. The monoisotopic (exact) mass is 193 g/mol. The topological polar surface area (TPSA) is 49.0 Å². The molecule has 0 radical (unpaired) electrons. The van der Waals surface area contributed by atoms with Crippen LogP contribution in [0.1, 0.15) is 37.9 Å². The van der Waals surface area contributed by atoms with Crippen molar-refractivity contribution in [1.29, 1.82) is 0 Å². The van der Waals surface area contributed by atoms with Gasteiger partial charge in [0.05, 0.1) is 11.7 Å². The Kier molecular flexibility index (Phi) is 2.52. The number of rotatable bonds is 1. The van der Waals surface area contributed by atoms with E-state index in [1.165, 1.54) is 6.42 Å². The Labute approximate surface area is 83.3 Å². The second-order valence-corrected chi connectivity index (χ2v) is 3.74. The number of carbonyl (C=O) groups is 1. The van der Waals surface area contributed by atoms with Crippen LogP contribution in [0.2, 0.25) is 0 Å². The van der Waals surface area contributed by atoms with Gasteiger partial charge in [0.15, 0.2) is 0 Å². The molecule has 1 atom stereocenters. The van der Waals surface area contributed by atoms with E-state index in [1.54, 1.807) is 13.1 Å². The molecule has 1 N–H and O–H groups in total. The van der Waals surface area contributed by atoms with Gasteiger partial charge in [0.2, 0.25) is 5.91 Å². The van der Waals surface area contributed by atoms with Gasteiger partial charge < -0.3 is 4.90 Å². The van der Waals surface area contributed by atoms with Crippen LogP contribution in [-0.4, -0.2) is 27.5 Å². The average molecular weight is 193 g/mol. The van der Waals surface area contributed by atoms with Gasteiger partial charge in [-0.3, -0.25) is 9.89 Å². The summed E-state index contributed by atoms with van der Waals surface area (Å²) in [5, 5.41) is 6.88. The predicted octanol–water partition coefficient (Wildman–Crippen LogP) is 1.48. The first-order valence-electron chi connectivity index (χ1n) is 5.05. The van der Waals surface area contributed by atoms with Gasteiger partial charge in [0, 0.05) is 19.7 Å². The van der Waals surface area contributed by atoms with Crippen molar-refractivity contribution < 1.29 is 4.79 Å². The van der Waals surface area contributed by atoms with Crippen molar-refractivity contribution in [3.05, 3.63) is 18.0 Å². The van der Waals surface area contributed by atoms with E-state index in [1.807, 2.05) is 11.0 Å². The van der Waals surface area contributed by atoms with Crippen LogP contribution in [0.5, 0.6) is 0 Å². The van der Waals surface area contributed by atoms with Gasteiger partial charge in [-0.05, 0) is 25.3 Å². The van der Waals surface area contributed by atoms with Gasteiger partial charge in [0.1, 0.15) is 0 Å². The Morgan fingerprint density at radius 1 is 1.64 bits per heavy atom. The smallest absolute Gasteiger partial charge is 0.220 e. The van der Waals surface area contributed by atoms with Crippen molar-refractivity contribution in [2.24, 2.45) is 0 Å². The number of carbonyl (C=O) groups excluding carboxylic acids is 1. The van der Waals surface area contributed by atoms with Gasteiger partial charge in [-0.15, -0.1) is 0 Å². The third-order valence-electron chi connectivity index (χ3n) is 2.79. The summed E-state index contributed by atoms with van der Waals surface area (Å²) in [7, 11) is 0. The highest BCUT2D eigenvalue weighted by molar-refractivity contribution is 5.73. The number of likely N-dealkylation sites (tertiary alicyclic amines) is 1. The number of hydrogen-bond donors (Lipinski definition) is 1. The van der Waals surface area contributed by atoms with Crippen molar-refractivity contribution in [3.63, 3.8) is 0 Å². The van der Waals surface area contributed by atoms with E-state index in [2.05, 4.69) is 10.2 Å². The van der Waals surface area contributed by atoms with Crippen LogP contribution < -0.4 is 0 Å². The molecule has 4 heteroatoms. The molecule has 14 heavy (non-hydrogen) atoms. The number of nitrogens with zero attached hydrogens (tertiary/aromatic N) is 2. The highest BCUT2D eigenvalue weighted by atomic mass is 16.2. The van der Waals surface area contributed by atoms with Crippen LogP contribution >= 0.6 is 0 Å². The van der Waals surface area contributed by atoms with Gasteiger partial charge in [-0.25, -0.2) is 0 Å². The Hall–Kier alpha value is -1.32. The van der Waals surface area contributed by atoms with E-state index in [4.69, 9.17) is 0 Å².